The summed E-state index contributed by atoms with van der Waals surface area (Å²) in [6.45, 7) is 2.64. The minimum atomic E-state index is -0.0340. The van der Waals surface area contributed by atoms with Gasteiger partial charge in [-0.1, -0.05) is 17.3 Å². The molecule has 0 saturated heterocycles. The topological polar surface area (TPSA) is 74.2 Å². The second kappa shape index (κ2) is 6.10. The molecule has 1 aliphatic rings. The Balaban J connectivity index is 1.72. The number of ether oxygens (including phenoxy) is 1. The molecular formula is C16H19N3O2. The van der Waals surface area contributed by atoms with Gasteiger partial charge in [0, 0.05) is 18.4 Å². The lowest BCUT2D eigenvalue weighted by Gasteiger charge is -2.10. The van der Waals surface area contributed by atoms with E-state index < -0.39 is 0 Å². The van der Waals surface area contributed by atoms with E-state index >= 15 is 0 Å². The molecule has 0 radical (unpaired) electrons. The third-order valence-corrected chi connectivity index (χ3v) is 3.44. The summed E-state index contributed by atoms with van der Waals surface area (Å²) in [5.41, 5.74) is 7.47. The molecular weight excluding hydrogens is 266 g/mol. The molecule has 1 saturated carbocycles. The minimum Gasteiger partial charge on any atom is -0.399 e. The number of hydrogen-bond acceptors (Lipinski definition) is 5. The lowest BCUT2D eigenvalue weighted by Crippen LogP contribution is -2.08. The zero-order valence-corrected chi connectivity index (χ0v) is 12.0. The molecule has 0 bridgehead atoms. The van der Waals surface area contributed by atoms with Crippen molar-refractivity contribution in [2.75, 3.05) is 12.3 Å². The maximum absolute atomic E-state index is 5.74. The highest BCUT2D eigenvalue weighted by Gasteiger charge is 2.35. The highest BCUT2D eigenvalue weighted by Crippen LogP contribution is 2.42. The fourth-order valence-corrected chi connectivity index (χ4v) is 2.26. The van der Waals surface area contributed by atoms with E-state index in [2.05, 4.69) is 10.1 Å². The Morgan fingerprint density at radius 2 is 2.29 bits per heavy atom. The van der Waals surface area contributed by atoms with E-state index in [0.29, 0.717) is 24.2 Å². The maximum Gasteiger partial charge on any atom is 0.250 e. The van der Waals surface area contributed by atoms with Crippen LogP contribution < -0.4 is 5.73 Å². The van der Waals surface area contributed by atoms with Gasteiger partial charge in [-0.15, -0.1) is 0 Å². The van der Waals surface area contributed by atoms with E-state index in [1.807, 2.05) is 37.3 Å². The van der Waals surface area contributed by atoms with Crippen LogP contribution in [-0.4, -0.2) is 16.7 Å². The van der Waals surface area contributed by atoms with Crippen LogP contribution in [0.5, 0.6) is 0 Å². The van der Waals surface area contributed by atoms with Crippen molar-refractivity contribution in [1.29, 1.82) is 0 Å². The summed E-state index contributed by atoms with van der Waals surface area (Å²) >= 11 is 0. The van der Waals surface area contributed by atoms with Gasteiger partial charge < -0.3 is 15.0 Å². The first kappa shape index (κ1) is 13.8. The standard InChI is InChI=1S/C16H19N3O2/c1-2-20-15(12-7-8-12)16-18-14(21-19-16)9-6-11-4-3-5-13(17)10-11/h3-6,9-10,12,15H,2,7-8,17H2,1H3/b9-6+. The summed E-state index contributed by atoms with van der Waals surface area (Å²) in [6, 6.07) is 7.62. The van der Waals surface area contributed by atoms with Gasteiger partial charge in [-0.05, 0) is 49.5 Å². The number of nitrogens with zero attached hydrogens (tertiary/aromatic N) is 2. The highest BCUT2D eigenvalue weighted by molar-refractivity contribution is 5.67. The Kier molecular flexibility index (Phi) is 4.01. The predicted molar refractivity (Wildman–Crippen MR) is 81.2 cm³/mol. The third-order valence-electron chi connectivity index (χ3n) is 3.44. The van der Waals surface area contributed by atoms with Crippen LogP contribution in [0.4, 0.5) is 5.69 Å². The van der Waals surface area contributed by atoms with Crippen LogP contribution in [0.25, 0.3) is 12.2 Å². The molecule has 2 aromatic rings. The van der Waals surface area contributed by atoms with Gasteiger partial charge >= 0.3 is 0 Å². The van der Waals surface area contributed by atoms with Gasteiger partial charge in [0.15, 0.2) is 0 Å². The molecule has 0 amide bonds. The largest absolute Gasteiger partial charge is 0.399 e. The van der Waals surface area contributed by atoms with Gasteiger partial charge in [0.2, 0.25) is 5.82 Å². The Hall–Kier alpha value is -2.14. The summed E-state index contributed by atoms with van der Waals surface area (Å²) in [5, 5.41) is 4.04. The Labute approximate surface area is 123 Å². The molecule has 0 aliphatic heterocycles. The average molecular weight is 285 g/mol. The number of aromatic nitrogens is 2. The van der Waals surface area contributed by atoms with E-state index in [1.54, 1.807) is 6.08 Å². The van der Waals surface area contributed by atoms with Crippen molar-refractivity contribution >= 4 is 17.8 Å². The fraction of sp³-hybridized carbons (Fsp3) is 0.375. The van der Waals surface area contributed by atoms with Crippen LogP contribution in [0.1, 0.15) is 43.1 Å². The number of hydrogen-bond donors (Lipinski definition) is 1. The number of benzene rings is 1. The number of anilines is 1. The quantitative estimate of drug-likeness (QED) is 0.824. The lowest BCUT2D eigenvalue weighted by molar-refractivity contribution is 0.0384. The van der Waals surface area contributed by atoms with E-state index in [1.165, 1.54) is 12.8 Å². The molecule has 110 valence electrons. The Bertz CT molecular complexity index is 632. The third kappa shape index (κ3) is 3.49. The van der Waals surface area contributed by atoms with Crippen molar-refractivity contribution in [1.82, 2.24) is 10.1 Å². The summed E-state index contributed by atoms with van der Waals surface area (Å²) < 4.78 is 11.0. The van der Waals surface area contributed by atoms with E-state index in [9.17, 15) is 0 Å². The van der Waals surface area contributed by atoms with Gasteiger partial charge in [0.1, 0.15) is 6.10 Å². The van der Waals surface area contributed by atoms with Gasteiger partial charge in [0.05, 0.1) is 0 Å². The van der Waals surface area contributed by atoms with Gasteiger partial charge in [0.25, 0.3) is 5.89 Å². The summed E-state index contributed by atoms with van der Waals surface area (Å²) in [4.78, 5) is 4.41. The molecule has 1 aliphatic carbocycles. The SMILES string of the molecule is CCOC(c1noc(/C=C/c2cccc(N)c2)n1)C1CC1. The van der Waals surface area contributed by atoms with E-state index in [-0.39, 0.29) is 6.10 Å². The molecule has 21 heavy (non-hydrogen) atoms. The van der Waals surface area contributed by atoms with Crippen molar-refractivity contribution in [2.45, 2.75) is 25.9 Å². The van der Waals surface area contributed by atoms with Crippen LogP contribution in [0, 0.1) is 5.92 Å². The second-order valence-corrected chi connectivity index (χ2v) is 5.21. The molecule has 1 fully saturated rings. The number of rotatable bonds is 6. The van der Waals surface area contributed by atoms with E-state index in [0.717, 1.165) is 11.3 Å². The zero-order chi connectivity index (χ0) is 14.7. The fourth-order valence-electron chi connectivity index (χ4n) is 2.26. The summed E-state index contributed by atoms with van der Waals surface area (Å²) in [5.74, 6) is 1.66. The highest BCUT2D eigenvalue weighted by atomic mass is 16.5. The first-order chi connectivity index (χ1) is 10.3. The zero-order valence-electron chi connectivity index (χ0n) is 12.0. The van der Waals surface area contributed by atoms with Crippen molar-refractivity contribution in [3.63, 3.8) is 0 Å². The first-order valence-corrected chi connectivity index (χ1v) is 7.25. The maximum atomic E-state index is 5.74. The molecule has 5 nitrogen and oxygen atoms in total. The average Bonchev–Trinajstić information content (AvgIpc) is 3.21. The molecule has 1 unspecified atom stereocenters. The predicted octanol–water partition coefficient (Wildman–Crippen LogP) is 3.31. The normalized spacial score (nSPS) is 16.4. The second-order valence-electron chi connectivity index (χ2n) is 5.21. The minimum absolute atomic E-state index is 0.0340. The van der Waals surface area contributed by atoms with Gasteiger partial charge in [-0.3, -0.25) is 0 Å². The van der Waals surface area contributed by atoms with Crippen molar-refractivity contribution in [2.24, 2.45) is 5.92 Å². The van der Waals surface area contributed by atoms with Gasteiger partial charge in [-0.2, -0.15) is 4.98 Å². The molecule has 3 rings (SSSR count). The Morgan fingerprint density at radius 3 is 3.00 bits per heavy atom. The van der Waals surface area contributed by atoms with Crippen LogP contribution >= 0.6 is 0 Å². The molecule has 2 N–H and O–H groups in total. The molecule has 1 aromatic heterocycles. The molecule has 5 heteroatoms. The molecule has 1 heterocycles. The molecule has 1 atom stereocenters. The summed E-state index contributed by atoms with van der Waals surface area (Å²) in [6.07, 6.45) is 6.01. The Morgan fingerprint density at radius 1 is 1.43 bits per heavy atom. The lowest BCUT2D eigenvalue weighted by atomic mass is 10.2. The number of nitrogens with two attached hydrogens (primary N) is 1. The van der Waals surface area contributed by atoms with Crippen LogP contribution in [0.15, 0.2) is 28.8 Å². The summed E-state index contributed by atoms with van der Waals surface area (Å²) in [7, 11) is 0. The van der Waals surface area contributed by atoms with Crippen molar-refractivity contribution in [3.8, 4) is 0 Å². The molecule has 0 spiro atoms. The van der Waals surface area contributed by atoms with Crippen molar-refractivity contribution in [3.05, 3.63) is 41.5 Å². The van der Waals surface area contributed by atoms with Crippen LogP contribution in [-0.2, 0) is 4.74 Å². The van der Waals surface area contributed by atoms with E-state index in [4.69, 9.17) is 15.0 Å². The van der Waals surface area contributed by atoms with Crippen LogP contribution in [0.3, 0.4) is 0 Å². The van der Waals surface area contributed by atoms with Crippen molar-refractivity contribution < 1.29 is 9.26 Å². The smallest absolute Gasteiger partial charge is 0.250 e. The number of nitrogen functional groups attached to an aromatic ring is 1. The van der Waals surface area contributed by atoms with Crippen LogP contribution in [0.2, 0.25) is 0 Å². The first-order valence-electron chi connectivity index (χ1n) is 7.25. The monoisotopic (exact) mass is 285 g/mol. The van der Waals surface area contributed by atoms with Gasteiger partial charge in [-0.25, -0.2) is 0 Å². The molecule has 1 aromatic carbocycles.